The number of aromatic nitrogens is 3. The van der Waals surface area contributed by atoms with E-state index in [4.69, 9.17) is 0 Å². The van der Waals surface area contributed by atoms with Crippen LogP contribution < -0.4 is 15.8 Å². The number of aryl methyl sites for hydroxylation is 1. The molecule has 1 aliphatic heterocycles. The Hall–Kier alpha value is -4.07. The van der Waals surface area contributed by atoms with Gasteiger partial charge >= 0.3 is 0 Å². The van der Waals surface area contributed by atoms with Crippen molar-refractivity contribution in [1.29, 1.82) is 0 Å². The van der Waals surface area contributed by atoms with Gasteiger partial charge in [-0.2, -0.15) is 0 Å². The van der Waals surface area contributed by atoms with Crippen LogP contribution in [-0.2, 0) is 11.3 Å². The number of nitrogens with one attached hydrogen (secondary N) is 1. The van der Waals surface area contributed by atoms with Crippen molar-refractivity contribution >= 4 is 28.6 Å². The molecule has 7 nitrogen and oxygen atoms in total. The van der Waals surface area contributed by atoms with Crippen molar-refractivity contribution in [2.75, 3.05) is 23.3 Å². The fourth-order valence-corrected chi connectivity index (χ4v) is 4.46. The van der Waals surface area contributed by atoms with Crippen LogP contribution >= 0.6 is 0 Å². The van der Waals surface area contributed by atoms with E-state index in [0.717, 1.165) is 11.1 Å². The van der Waals surface area contributed by atoms with Crippen LogP contribution in [0.4, 0.5) is 15.9 Å². The lowest BCUT2D eigenvalue weighted by Gasteiger charge is -2.32. The van der Waals surface area contributed by atoms with E-state index in [1.165, 1.54) is 12.1 Å². The smallest absolute Gasteiger partial charge is 0.295 e. The van der Waals surface area contributed by atoms with Crippen LogP contribution in [0, 0.1) is 18.7 Å². The van der Waals surface area contributed by atoms with Crippen LogP contribution in [-0.4, -0.2) is 33.5 Å². The molecule has 1 amide bonds. The number of fused-ring (bicyclic) bond motifs is 1. The summed E-state index contributed by atoms with van der Waals surface area (Å²) in [6, 6.07) is 17.6. The van der Waals surface area contributed by atoms with Gasteiger partial charge < -0.3 is 10.2 Å². The molecule has 0 atom stereocenters. The van der Waals surface area contributed by atoms with E-state index in [-0.39, 0.29) is 17.4 Å². The zero-order chi connectivity index (χ0) is 24.4. The van der Waals surface area contributed by atoms with Crippen molar-refractivity contribution < 1.29 is 9.18 Å². The predicted molar refractivity (Wildman–Crippen MR) is 134 cm³/mol. The molecule has 35 heavy (non-hydrogen) atoms. The number of piperidine rings is 1. The second-order valence-electron chi connectivity index (χ2n) is 8.92. The normalized spacial score (nSPS) is 14.3. The lowest BCUT2D eigenvalue weighted by Crippen LogP contribution is -2.42. The molecule has 0 bridgehead atoms. The number of hydrogen-bond donors (Lipinski definition) is 1. The number of nitrogens with zero attached hydrogens (tertiary/aromatic N) is 4. The Bertz CT molecular complexity index is 1430. The Kier molecular flexibility index (Phi) is 6.27. The Morgan fingerprint density at radius 2 is 1.86 bits per heavy atom. The van der Waals surface area contributed by atoms with Gasteiger partial charge in [-0.15, -0.1) is 0 Å². The SMILES string of the molecule is Cc1ccc(Cn2c(=O)c(N3CCC(C(=O)Nc4cccc(F)c4)CC3)nc3cccnc32)cc1. The maximum Gasteiger partial charge on any atom is 0.295 e. The van der Waals surface area contributed by atoms with E-state index in [1.807, 2.05) is 48.2 Å². The first kappa shape index (κ1) is 22.7. The Morgan fingerprint density at radius 3 is 2.60 bits per heavy atom. The molecule has 0 aliphatic carbocycles. The molecule has 2 aromatic heterocycles. The van der Waals surface area contributed by atoms with Crippen LogP contribution in [0.5, 0.6) is 0 Å². The van der Waals surface area contributed by atoms with E-state index in [9.17, 15) is 14.0 Å². The van der Waals surface area contributed by atoms with Crippen LogP contribution in [0.3, 0.4) is 0 Å². The molecule has 8 heteroatoms. The van der Waals surface area contributed by atoms with Crippen molar-refractivity contribution in [1.82, 2.24) is 14.5 Å². The molecule has 1 aliphatic rings. The molecule has 0 radical (unpaired) electrons. The number of anilines is 2. The summed E-state index contributed by atoms with van der Waals surface area (Å²) in [6.45, 7) is 3.48. The van der Waals surface area contributed by atoms with Gasteiger partial charge in [0.2, 0.25) is 5.91 Å². The standard InChI is InChI=1S/C27H26FN5O2/c1-18-7-9-19(10-8-18)17-33-24-23(6-3-13-29-24)31-25(27(33)35)32-14-11-20(12-15-32)26(34)30-22-5-2-4-21(28)16-22/h2-10,13,16,20H,11-12,14-15,17H2,1H3,(H,30,34). The minimum absolute atomic E-state index is 0.136. The molecular weight excluding hydrogens is 445 g/mol. The fraction of sp³-hybridized carbons (Fsp3) is 0.259. The maximum absolute atomic E-state index is 13.5. The van der Waals surface area contributed by atoms with Crippen molar-refractivity contribution in [2.45, 2.75) is 26.3 Å². The Morgan fingerprint density at radius 1 is 1.09 bits per heavy atom. The van der Waals surface area contributed by atoms with E-state index >= 15 is 0 Å². The monoisotopic (exact) mass is 471 g/mol. The molecule has 1 saturated heterocycles. The third-order valence-electron chi connectivity index (χ3n) is 6.40. The molecule has 3 heterocycles. The molecule has 1 fully saturated rings. The molecule has 4 aromatic rings. The quantitative estimate of drug-likeness (QED) is 0.473. The maximum atomic E-state index is 13.5. The highest BCUT2D eigenvalue weighted by molar-refractivity contribution is 5.92. The highest BCUT2D eigenvalue weighted by Gasteiger charge is 2.28. The number of pyridine rings is 1. The second kappa shape index (κ2) is 9.66. The summed E-state index contributed by atoms with van der Waals surface area (Å²) in [7, 11) is 0. The molecule has 0 spiro atoms. The fourth-order valence-electron chi connectivity index (χ4n) is 4.46. The average molecular weight is 472 g/mol. The number of halogens is 1. The van der Waals surface area contributed by atoms with Gasteiger partial charge in [-0.25, -0.2) is 14.4 Å². The molecule has 5 rings (SSSR count). The van der Waals surface area contributed by atoms with Crippen molar-refractivity contribution in [3.63, 3.8) is 0 Å². The summed E-state index contributed by atoms with van der Waals surface area (Å²) < 4.78 is 15.1. The van der Waals surface area contributed by atoms with Gasteiger partial charge in [-0.3, -0.25) is 14.2 Å². The van der Waals surface area contributed by atoms with Crippen molar-refractivity contribution in [2.24, 2.45) is 5.92 Å². The van der Waals surface area contributed by atoms with E-state index in [2.05, 4.69) is 15.3 Å². The summed E-state index contributed by atoms with van der Waals surface area (Å²) in [5.74, 6) is -0.368. The number of carbonyl (C=O) groups excluding carboxylic acids is 1. The third kappa shape index (κ3) is 4.91. The predicted octanol–water partition coefficient (Wildman–Crippen LogP) is 4.14. The van der Waals surface area contributed by atoms with Crippen molar-refractivity contribution in [3.8, 4) is 0 Å². The summed E-state index contributed by atoms with van der Waals surface area (Å²) >= 11 is 0. The topological polar surface area (TPSA) is 80.1 Å². The van der Waals surface area contributed by atoms with Gasteiger partial charge in [-0.1, -0.05) is 35.9 Å². The second-order valence-corrected chi connectivity index (χ2v) is 8.92. The van der Waals surface area contributed by atoms with Gasteiger partial charge in [0.25, 0.3) is 5.56 Å². The molecule has 178 valence electrons. The molecule has 0 saturated carbocycles. The summed E-state index contributed by atoms with van der Waals surface area (Å²) in [4.78, 5) is 37.3. The average Bonchev–Trinajstić information content (AvgIpc) is 2.87. The lowest BCUT2D eigenvalue weighted by atomic mass is 9.96. The van der Waals surface area contributed by atoms with Gasteiger partial charge in [0.05, 0.1) is 6.54 Å². The van der Waals surface area contributed by atoms with E-state index < -0.39 is 5.82 Å². The minimum atomic E-state index is -0.392. The Balaban J connectivity index is 1.36. The number of hydrogen-bond acceptors (Lipinski definition) is 5. The lowest BCUT2D eigenvalue weighted by molar-refractivity contribution is -0.120. The third-order valence-corrected chi connectivity index (χ3v) is 6.40. The number of carbonyl (C=O) groups is 1. The van der Waals surface area contributed by atoms with Gasteiger partial charge in [0, 0.05) is 30.9 Å². The van der Waals surface area contributed by atoms with Gasteiger partial charge in [0.1, 0.15) is 11.3 Å². The van der Waals surface area contributed by atoms with Crippen molar-refractivity contribution in [3.05, 3.63) is 94.2 Å². The zero-order valence-corrected chi connectivity index (χ0v) is 19.4. The molecule has 0 unspecified atom stereocenters. The number of amides is 1. The number of benzene rings is 2. The number of rotatable bonds is 5. The van der Waals surface area contributed by atoms with E-state index in [1.54, 1.807) is 22.9 Å². The molecule has 2 aromatic carbocycles. The van der Waals surface area contributed by atoms with Crippen LogP contribution in [0.25, 0.3) is 11.2 Å². The summed E-state index contributed by atoms with van der Waals surface area (Å²) in [6.07, 6.45) is 2.81. The van der Waals surface area contributed by atoms with Crippen LogP contribution in [0.1, 0.15) is 24.0 Å². The Labute approximate surface area is 202 Å². The molecule has 1 N–H and O–H groups in total. The highest BCUT2D eigenvalue weighted by atomic mass is 19.1. The van der Waals surface area contributed by atoms with Gasteiger partial charge in [-0.05, 0) is 55.7 Å². The first-order chi connectivity index (χ1) is 17.0. The summed E-state index contributed by atoms with van der Waals surface area (Å²) in [5.41, 5.74) is 3.62. The first-order valence-electron chi connectivity index (χ1n) is 11.7. The summed E-state index contributed by atoms with van der Waals surface area (Å²) in [5, 5.41) is 2.80. The minimum Gasteiger partial charge on any atom is -0.352 e. The van der Waals surface area contributed by atoms with E-state index in [0.29, 0.717) is 55.1 Å². The first-order valence-corrected chi connectivity index (χ1v) is 11.7. The zero-order valence-electron chi connectivity index (χ0n) is 19.4. The van der Waals surface area contributed by atoms with Crippen LogP contribution in [0.2, 0.25) is 0 Å². The van der Waals surface area contributed by atoms with Crippen LogP contribution in [0.15, 0.2) is 71.7 Å². The van der Waals surface area contributed by atoms with Gasteiger partial charge in [0.15, 0.2) is 11.5 Å². The molecular formula is C27H26FN5O2. The largest absolute Gasteiger partial charge is 0.352 e. The highest BCUT2D eigenvalue weighted by Crippen LogP contribution is 2.23.